The van der Waals surface area contributed by atoms with E-state index in [2.05, 4.69) is 33.2 Å². The first-order valence-corrected chi connectivity index (χ1v) is 7.67. The van der Waals surface area contributed by atoms with Crippen LogP contribution in [0.1, 0.15) is 0 Å². The summed E-state index contributed by atoms with van der Waals surface area (Å²) in [5, 5.41) is 6.37. The van der Waals surface area contributed by atoms with E-state index in [1.807, 2.05) is 30.3 Å². The first-order chi connectivity index (χ1) is 10.1. The lowest BCUT2D eigenvalue weighted by Gasteiger charge is -2.10. The summed E-state index contributed by atoms with van der Waals surface area (Å²) in [4.78, 5) is 11.9. The predicted molar refractivity (Wildman–Crippen MR) is 94.3 cm³/mol. The molecule has 0 radical (unpaired) electrons. The number of hydrogen-bond donors (Lipinski definition) is 2. The average molecular weight is 417 g/mol. The van der Waals surface area contributed by atoms with Crippen molar-refractivity contribution in [2.45, 2.75) is 0 Å². The highest BCUT2D eigenvalue weighted by atomic mass is 127. The molecule has 0 bridgehead atoms. The lowest BCUT2D eigenvalue weighted by atomic mass is 10.3. The average Bonchev–Trinajstić information content (AvgIpc) is 2.48. The van der Waals surface area contributed by atoms with E-state index in [0.29, 0.717) is 10.8 Å². The second-order valence-electron chi connectivity index (χ2n) is 4.23. The van der Waals surface area contributed by atoms with Gasteiger partial charge in [-0.1, -0.05) is 23.7 Å². The van der Waals surface area contributed by atoms with Crippen LogP contribution < -0.4 is 15.4 Å². The van der Waals surface area contributed by atoms with Crippen LogP contribution in [-0.4, -0.2) is 19.6 Å². The maximum absolute atomic E-state index is 11.9. The van der Waals surface area contributed by atoms with Gasteiger partial charge in [0.1, 0.15) is 5.75 Å². The second-order valence-corrected chi connectivity index (χ2v) is 5.80. The number of anilines is 2. The van der Waals surface area contributed by atoms with Crippen LogP contribution >= 0.6 is 34.2 Å². The lowest BCUT2D eigenvalue weighted by Crippen LogP contribution is -2.22. The number of amides is 1. The van der Waals surface area contributed by atoms with Crippen LogP contribution in [0.4, 0.5) is 11.4 Å². The van der Waals surface area contributed by atoms with E-state index >= 15 is 0 Å². The quantitative estimate of drug-likeness (QED) is 0.724. The molecule has 0 unspecified atom stereocenters. The van der Waals surface area contributed by atoms with Gasteiger partial charge >= 0.3 is 0 Å². The van der Waals surface area contributed by atoms with E-state index in [1.165, 1.54) is 0 Å². The number of carbonyl (C=O) groups is 1. The predicted octanol–water partition coefficient (Wildman–Crippen LogP) is 4.00. The van der Waals surface area contributed by atoms with Crippen molar-refractivity contribution >= 4 is 51.5 Å². The second kappa shape index (κ2) is 7.51. The summed E-state index contributed by atoms with van der Waals surface area (Å²) in [6, 6.07) is 12.9. The Bertz CT molecular complexity index is 649. The van der Waals surface area contributed by atoms with Crippen molar-refractivity contribution in [3.63, 3.8) is 0 Å². The zero-order valence-corrected chi connectivity index (χ0v) is 14.2. The van der Waals surface area contributed by atoms with Gasteiger partial charge in [-0.15, -0.1) is 0 Å². The van der Waals surface area contributed by atoms with Gasteiger partial charge in [0.15, 0.2) is 0 Å². The first kappa shape index (κ1) is 15.9. The molecule has 1 amide bonds. The molecule has 2 rings (SSSR count). The van der Waals surface area contributed by atoms with Gasteiger partial charge in [-0.25, -0.2) is 0 Å². The van der Waals surface area contributed by atoms with Gasteiger partial charge in [0.2, 0.25) is 5.91 Å². The summed E-state index contributed by atoms with van der Waals surface area (Å²) >= 11 is 8.21. The number of halogens is 2. The van der Waals surface area contributed by atoms with Crippen molar-refractivity contribution < 1.29 is 9.53 Å². The minimum Gasteiger partial charge on any atom is -0.495 e. The molecule has 0 heterocycles. The van der Waals surface area contributed by atoms with Crippen LogP contribution in [0.5, 0.6) is 5.75 Å². The highest BCUT2D eigenvalue weighted by Gasteiger charge is 2.06. The smallest absolute Gasteiger partial charge is 0.243 e. The zero-order chi connectivity index (χ0) is 15.2. The van der Waals surface area contributed by atoms with E-state index in [0.717, 1.165) is 14.9 Å². The van der Waals surface area contributed by atoms with Crippen molar-refractivity contribution in [3.05, 3.63) is 51.1 Å². The number of carbonyl (C=O) groups excluding carboxylic acids is 1. The monoisotopic (exact) mass is 416 g/mol. The fourth-order valence-corrected chi connectivity index (χ4v) is 2.50. The van der Waals surface area contributed by atoms with E-state index in [1.54, 1.807) is 19.2 Å². The molecular formula is C15H14ClIN2O2. The number of rotatable bonds is 5. The molecule has 0 aliphatic heterocycles. The molecule has 0 aromatic heterocycles. The molecule has 0 aliphatic carbocycles. The Morgan fingerprint density at radius 2 is 2.05 bits per heavy atom. The Hall–Kier alpha value is -1.47. The summed E-state index contributed by atoms with van der Waals surface area (Å²) < 4.78 is 6.07. The molecule has 21 heavy (non-hydrogen) atoms. The Morgan fingerprint density at radius 1 is 1.29 bits per heavy atom. The third kappa shape index (κ3) is 4.50. The van der Waals surface area contributed by atoms with E-state index in [-0.39, 0.29) is 12.5 Å². The summed E-state index contributed by atoms with van der Waals surface area (Å²) in [6.07, 6.45) is 0. The Kier molecular flexibility index (Phi) is 5.69. The molecule has 0 spiro atoms. The molecule has 110 valence electrons. The molecular weight excluding hydrogens is 403 g/mol. The molecule has 2 N–H and O–H groups in total. The molecule has 6 heteroatoms. The third-order valence-electron chi connectivity index (χ3n) is 2.75. The zero-order valence-electron chi connectivity index (χ0n) is 11.3. The summed E-state index contributed by atoms with van der Waals surface area (Å²) in [5.74, 6) is 0.483. The van der Waals surface area contributed by atoms with Gasteiger partial charge in [-0.05, 0) is 52.9 Å². The van der Waals surface area contributed by atoms with Gasteiger partial charge in [0.25, 0.3) is 0 Å². The maximum atomic E-state index is 11.9. The van der Waals surface area contributed by atoms with Crippen molar-refractivity contribution in [2.24, 2.45) is 0 Å². The first-order valence-electron chi connectivity index (χ1n) is 6.22. The van der Waals surface area contributed by atoms with E-state index in [4.69, 9.17) is 16.3 Å². The number of hydrogen-bond acceptors (Lipinski definition) is 3. The SMILES string of the molecule is COc1ccc(NCC(=O)Nc2ccccc2I)cc1Cl. The highest BCUT2D eigenvalue weighted by Crippen LogP contribution is 2.27. The standard InChI is InChI=1S/C15H14ClIN2O2/c1-21-14-7-6-10(8-11(14)16)18-9-15(20)19-13-5-3-2-4-12(13)17/h2-8,18H,9H2,1H3,(H,19,20). The van der Waals surface area contributed by atoms with Crippen molar-refractivity contribution in [2.75, 3.05) is 24.3 Å². The molecule has 0 atom stereocenters. The normalized spacial score (nSPS) is 10.0. The van der Waals surface area contributed by atoms with Gasteiger partial charge < -0.3 is 15.4 Å². The van der Waals surface area contributed by atoms with E-state index < -0.39 is 0 Å². The van der Waals surface area contributed by atoms with Gasteiger partial charge in [-0.2, -0.15) is 0 Å². The summed E-state index contributed by atoms with van der Waals surface area (Å²) in [7, 11) is 1.56. The molecule has 0 aliphatic rings. The highest BCUT2D eigenvalue weighted by molar-refractivity contribution is 14.1. The number of ether oxygens (including phenoxy) is 1. The molecule has 0 fully saturated rings. The topological polar surface area (TPSA) is 50.4 Å². The van der Waals surface area contributed by atoms with Crippen LogP contribution in [0.2, 0.25) is 5.02 Å². The molecule has 0 saturated heterocycles. The third-order valence-corrected chi connectivity index (χ3v) is 3.99. The van der Waals surface area contributed by atoms with Crippen molar-refractivity contribution in [1.82, 2.24) is 0 Å². The fourth-order valence-electron chi connectivity index (χ4n) is 1.72. The van der Waals surface area contributed by atoms with Crippen molar-refractivity contribution in [3.8, 4) is 5.75 Å². The van der Waals surface area contributed by atoms with Gasteiger partial charge in [-0.3, -0.25) is 4.79 Å². The number of benzene rings is 2. The van der Waals surface area contributed by atoms with Crippen LogP contribution in [0.15, 0.2) is 42.5 Å². The Labute approximate surface area is 142 Å². The van der Waals surface area contributed by atoms with Crippen molar-refractivity contribution in [1.29, 1.82) is 0 Å². The van der Waals surface area contributed by atoms with Gasteiger partial charge in [0, 0.05) is 9.26 Å². The van der Waals surface area contributed by atoms with Crippen LogP contribution in [-0.2, 0) is 4.79 Å². The van der Waals surface area contributed by atoms with Crippen LogP contribution in [0.3, 0.4) is 0 Å². The van der Waals surface area contributed by atoms with Gasteiger partial charge in [0.05, 0.1) is 24.4 Å². The van der Waals surface area contributed by atoms with Crippen LogP contribution in [0.25, 0.3) is 0 Å². The summed E-state index contributed by atoms with van der Waals surface area (Å²) in [6.45, 7) is 0.160. The number of methoxy groups -OCH3 is 1. The van der Waals surface area contributed by atoms with Crippen LogP contribution in [0, 0.1) is 3.57 Å². The minimum atomic E-state index is -0.119. The molecule has 2 aromatic carbocycles. The summed E-state index contributed by atoms with van der Waals surface area (Å²) in [5.41, 5.74) is 1.57. The minimum absolute atomic E-state index is 0.119. The Balaban J connectivity index is 1.92. The molecule has 2 aromatic rings. The molecule has 0 saturated carbocycles. The largest absolute Gasteiger partial charge is 0.495 e. The number of nitrogens with one attached hydrogen (secondary N) is 2. The Morgan fingerprint density at radius 3 is 2.71 bits per heavy atom. The van der Waals surface area contributed by atoms with E-state index in [9.17, 15) is 4.79 Å². The lowest BCUT2D eigenvalue weighted by molar-refractivity contribution is -0.114. The fraction of sp³-hybridized carbons (Fsp3) is 0.133. The maximum Gasteiger partial charge on any atom is 0.243 e. The number of para-hydroxylation sites is 1. The molecule has 4 nitrogen and oxygen atoms in total.